The van der Waals surface area contributed by atoms with E-state index in [9.17, 15) is 4.79 Å². The van der Waals surface area contributed by atoms with Gasteiger partial charge in [-0.2, -0.15) is 0 Å². The predicted molar refractivity (Wildman–Crippen MR) is 102 cm³/mol. The third-order valence-corrected chi connectivity index (χ3v) is 5.19. The summed E-state index contributed by atoms with van der Waals surface area (Å²) in [4.78, 5) is 16.7. The first kappa shape index (κ1) is 17.8. The van der Waals surface area contributed by atoms with E-state index in [1.807, 2.05) is 11.8 Å². The average Bonchev–Trinajstić information content (AvgIpc) is 3.17. The zero-order chi connectivity index (χ0) is 17.6. The summed E-state index contributed by atoms with van der Waals surface area (Å²) < 4.78 is 6.13. The Bertz CT molecular complexity index is 588. The van der Waals surface area contributed by atoms with Gasteiger partial charge in [-0.25, -0.2) is 0 Å². The average molecular weight is 342 g/mol. The maximum atomic E-state index is 12.4. The second kappa shape index (κ2) is 8.41. The Morgan fingerprint density at radius 2 is 1.92 bits per heavy atom. The van der Waals surface area contributed by atoms with Crippen LogP contribution in [0.25, 0.3) is 0 Å². The highest BCUT2D eigenvalue weighted by atomic mass is 16.5. The topological polar surface area (TPSA) is 32.8 Å². The first-order chi connectivity index (χ1) is 12.2. The summed E-state index contributed by atoms with van der Waals surface area (Å²) in [5, 5.41) is 0. The fourth-order valence-corrected chi connectivity index (χ4v) is 3.68. The van der Waals surface area contributed by atoms with Crippen molar-refractivity contribution in [1.82, 2.24) is 4.90 Å². The fraction of sp³-hybridized carbons (Fsp3) is 0.571. The van der Waals surface area contributed by atoms with Crippen LogP contribution in [0.4, 0.5) is 5.69 Å². The van der Waals surface area contributed by atoms with Crippen LogP contribution >= 0.6 is 0 Å². The molecule has 1 aromatic rings. The van der Waals surface area contributed by atoms with E-state index in [2.05, 4.69) is 48.4 Å². The normalized spacial score (nSPS) is 19.3. The van der Waals surface area contributed by atoms with Crippen molar-refractivity contribution in [2.24, 2.45) is 5.92 Å². The smallest absolute Gasteiger partial charge is 0.225 e. The summed E-state index contributed by atoms with van der Waals surface area (Å²) in [6.45, 7) is 6.87. The van der Waals surface area contributed by atoms with Crippen molar-refractivity contribution < 1.29 is 9.53 Å². The van der Waals surface area contributed by atoms with Crippen molar-refractivity contribution in [3.63, 3.8) is 0 Å². The molecule has 0 saturated carbocycles. The van der Waals surface area contributed by atoms with E-state index in [0.717, 1.165) is 57.5 Å². The molecule has 0 spiro atoms. The number of carbonyl (C=O) groups is 1. The maximum Gasteiger partial charge on any atom is 0.225 e. The van der Waals surface area contributed by atoms with Gasteiger partial charge >= 0.3 is 0 Å². The number of hydrogen-bond acceptors (Lipinski definition) is 3. The van der Waals surface area contributed by atoms with E-state index in [1.54, 1.807) is 0 Å². The molecule has 0 aliphatic carbocycles. The molecule has 25 heavy (non-hydrogen) atoms. The third-order valence-electron chi connectivity index (χ3n) is 5.19. The summed E-state index contributed by atoms with van der Waals surface area (Å²) in [5.74, 6) is 1.38. The van der Waals surface area contributed by atoms with Crippen molar-refractivity contribution in [3.05, 3.63) is 36.5 Å². The van der Waals surface area contributed by atoms with E-state index in [-0.39, 0.29) is 12.0 Å². The van der Waals surface area contributed by atoms with E-state index >= 15 is 0 Å². The molecule has 1 atom stereocenters. The van der Waals surface area contributed by atoms with E-state index in [4.69, 9.17) is 4.74 Å². The maximum absolute atomic E-state index is 12.4. The van der Waals surface area contributed by atoms with Crippen molar-refractivity contribution in [1.29, 1.82) is 0 Å². The first-order valence-corrected chi connectivity index (χ1v) is 9.66. The molecule has 0 bridgehead atoms. The standard InChI is InChI=1S/C21H30N2O2/c1-3-6-17(2)21(24)23-15-11-20(12-16-23)25-19-9-7-18(8-10-19)22-13-4-5-14-22/h4,7-10,13,17,20H,3,5-6,11-12,14-16H2,1-2H3. The number of anilines is 1. The first-order valence-electron chi connectivity index (χ1n) is 9.66. The van der Waals surface area contributed by atoms with Gasteiger partial charge in [-0.1, -0.05) is 26.3 Å². The number of benzene rings is 1. The Morgan fingerprint density at radius 1 is 1.20 bits per heavy atom. The number of piperidine rings is 1. The van der Waals surface area contributed by atoms with Crippen LogP contribution in [0.15, 0.2) is 36.5 Å². The Hall–Kier alpha value is -1.97. The van der Waals surface area contributed by atoms with Gasteiger partial charge in [0.25, 0.3) is 0 Å². The minimum Gasteiger partial charge on any atom is -0.490 e. The SMILES string of the molecule is CCCC(C)C(=O)N1CCC(Oc2ccc(N3C=CCC3)cc2)CC1. The molecule has 1 unspecified atom stereocenters. The highest BCUT2D eigenvalue weighted by molar-refractivity contribution is 5.78. The molecule has 2 heterocycles. The lowest BCUT2D eigenvalue weighted by Crippen LogP contribution is -2.43. The zero-order valence-corrected chi connectivity index (χ0v) is 15.5. The van der Waals surface area contributed by atoms with Crippen LogP contribution in [0.3, 0.4) is 0 Å². The molecule has 1 fully saturated rings. The second-order valence-corrected chi connectivity index (χ2v) is 7.19. The van der Waals surface area contributed by atoms with Crippen LogP contribution in [0.5, 0.6) is 5.75 Å². The lowest BCUT2D eigenvalue weighted by molar-refractivity contribution is -0.137. The Kier molecular flexibility index (Phi) is 6.00. The monoisotopic (exact) mass is 342 g/mol. The van der Waals surface area contributed by atoms with Gasteiger partial charge in [0.2, 0.25) is 5.91 Å². The Labute approximate surface area is 151 Å². The van der Waals surface area contributed by atoms with Crippen LogP contribution < -0.4 is 9.64 Å². The zero-order valence-electron chi connectivity index (χ0n) is 15.5. The van der Waals surface area contributed by atoms with Crippen LogP contribution in [-0.2, 0) is 4.79 Å². The van der Waals surface area contributed by atoms with Crippen molar-refractivity contribution in [2.75, 3.05) is 24.5 Å². The van der Waals surface area contributed by atoms with Crippen molar-refractivity contribution in [2.45, 2.75) is 52.1 Å². The highest BCUT2D eigenvalue weighted by Crippen LogP contribution is 2.25. The van der Waals surface area contributed by atoms with Gasteiger partial charge in [-0.05, 0) is 37.1 Å². The van der Waals surface area contributed by atoms with Crippen molar-refractivity contribution >= 4 is 11.6 Å². The summed E-state index contributed by atoms with van der Waals surface area (Å²) in [6.07, 6.45) is 9.55. The Balaban J connectivity index is 1.47. The molecule has 4 nitrogen and oxygen atoms in total. The largest absolute Gasteiger partial charge is 0.490 e. The van der Waals surface area contributed by atoms with E-state index in [0.29, 0.717) is 5.91 Å². The summed E-state index contributed by atoms with van der Waals surface area (Å²) in [5.41, 5.74) is 1.21. The quantitative estimate of drug-likeness (QED) is 0.776. The molecule has 1 amide bonds. The third kappa shape index (κ3) is 4.56. The molecule has 136 valence electrons. The molecule has 0 radical (unpaired) electrons. The van der Waals surface area contributed by atoms with Crippen LogP contribution in [-0.4, -0.2) is 36.5 Å². The number of ether oxygens (including phenoxy) is 1. The molecule has 0 N–H and O–H groups in total. The Morgan fingerprint density at radius 3 is 2.52 bits per heavy atom. The number of hydrogen-bond donors (Lipinski definition) is 0. The number of amides is 1. The lowest BCUT2D eigenvalue weighted by atomic mass is 10.0. The predicted octanol–water partition coefficient (Wildman–Crippen LogP) is 4.22. The van der Waals surface area contributed by atoms with Gasteiger partial charge in [0, 0.05) is 50.3 Å². The van der Waals surface area contributed by atoms with Gasteiger partial charge in [-0.3, -0.25) is 4.79 Å². The number of likely N-dealkylation sites (tertiary alicyclic amines) is 1. The molecule has 1 aromatic carbocycles. The van der Waals surface area contributed by atoms with E-state index in [1.165, 1.54) is 5.69 Å². The number of carbonyl (C=O) groups excluding carboxylic acids is 1. The molecule has 0 aromatic heterocycles. The van der Waals surface area contributed by atoms with Crippen molar-refractivity contribution in [3.8, 4) is 5.75 Å². The molecule has 1 saturated heterocycles. The highest BCUT2D eigenvalue weighted by Gasteiger charge is 2.26. The van der Waals surface area contributed by atoms with Gasteiger partial charge in [0.15, 0.2) is 0 Å². The van der Waals surface area contributed by atoms with Crippen LogP contribution in [0.2, 0.25) is 0 Å². The van der Waals surface area contributed by atoms with Crippen LogP contribution in [0, 0.1) is 5.92 Å². The molecule has 4 heteroatoms. The van der Waals surface area contributed by atoms with Gasteiger partial charge in [0.1, 0.15) is 11.9 Å². The lowest BCUT2D eigenvalue weighted by Gasteiger charge is -2.33. The summed E-state index contributed by atoms with van der Waals surface area (Å²) in [7, 11) is 0. The number of nitrogens with zero attached hydrogens (tertiary/aromatic N) is 2. The summed E-state index contributed by atoms with van der Waals surface area (Å²) in [6, 6.07) is 8.36. The fourth-order valence-electron chi connectivity index (χ4n) is 3.68. The van der Waals surface area contributed by atoms with Gasteiger partial charge < -0.3 is 14.5 Å². The van der Waals surface area contributed by atoms with Gasteiger partial charge in [0.05, 0.1) is 0 Å². The summed E-state index contributed by atoms with van der Waals surface area (Å²) >= 11 is 0. The van der Waals surface area contributed by atoms with Gasteiger partial charge in [-0.15, -0.1) is 0 Å². The minimum atomic E-state index is 0.148. The molecule has 3 rings (SSSR count). The van der Waals surface area contributed by atoms with E-state index < -0.39 is 0 Å². The number of rotatable bonds is 6. The molecule has 2 aliphatic rings. The second-order valence-electron chi connectivity index (χ2n) is 7.19. The van der Waals surface area contributed by atoms with Crippen LogP contribution in [0.1, 0.15) is 46.0 Å². The molecule has 2 aliphatic heterocycles. The molecular weight excluding hydrogens is 312 g/mol. The minimum absolute atomic E-state index is 0.148. The molecular formula is C21H30N2O2.